The summed E-state index contributed by atoms with van der Waals surface area (Å²) in [4.78, 5) is 19.3. The fraction of sp³-hybridized carbons (Fsp3) is 0.333. The zero-order chi connectivity index (χ0) is 20.7. The quantitative estimate of drug-likeness (QED) is 0.604. The van der Waals surface area contributed by atoms with Crippen LogP contribution in [0.25, 0.3) is 11.0 Å². The van der Waals surface area contributed by atoms with Crippen molar-refractivity contribution in [1.29, 1.82) is 0 Å². The largest absolute Gasteiger partial charge is 0.506 e. The highest BCUT2D eigenvalue weighted by Crippen LogP contribution is 2.35. The van der Waals surface area contributed by atoms with Crippen molar-refractivity contribution >= 4 is 45.6 Å². The van der Waals surface area contributed by atoms with Crippen LogP contribution in [0.1, 0.15) is 13.3 Å². The number of piperidine rings is 1. The molecule has 1 saturated heterocycles. The number of hydrogen-bond acceptors (Lipinski definition) is 5. The highest BCUT2D eigenvalue weighted by molar-refractivity contribution is 6.34. The van der Waals surface area contributed by atoms with E-state index in [1.165, 1.54) is 10.6 Å². The van der Waals surface area contributed by atoms with Crippen LogP contribution in [0.15, 0.2) is 41.3 Å². The number of phenols is 1. The van der Waals surface area contributed by atoms with Gasteiger partial charge in [-0.25, -0.2) is 0 Å². The molecule has 0 unspecified atom stereocenters. The number of aromatic nitrogens is 2. The van der Waals surface area contributed by atoms with Gasteiger partial charge in [0, 0.05) is 43.5 Å². The van der Waals surface area contributed by atoms with Crippen molar-refractivity contribution in [2.75, 3.05) is 23.3 Å². The first-order valence-electron chi connectivity index (χ1n) is 9.50. The summed E-state index contributed by atoms with van der Waals surface area (Å²) in [6.45, 7) is 3.57. The maximum atomic E-state index is 12.6. The number of halogens is 2. The van der Waals surface area contributed by atoms with Crippen molar-refractivity contribution in [3.63, 3.8) is 0 Å². The molecule has 1 fully saturated rings. The first kappa shape index (κ1) is 19.9. The van der Waals surface area contributed by atoms with Crippen LogP contribution in [0.5, 0.6) is 5.75 Å². The SMILES string of the molecule is C[C@H]1CN(c2c(Cl)c(=O)n(C)c3cccnc23)CC[C@@H]1Nc1ccc(Cl)cc1O. The Bertz CT molecular complexity index is 1130. The van der Waals surface area contributed by atoms with Crippen LogP contribution in [-0.4, -0.2) is 33.8 Å². The highest BCUT2D eigenvalue weighted by atomic mass is 35.5. The van der Waals surface area contributed by atoms with Gasteiger partial charge < -0.3 is 19.9 Å². The summed E-state index contributed by atoms with van der Waals surface area (Å²) in [6.07, 6.45) is 2.54. The van der Waals surface area contributed by atoms with Gasteiger partial charge in [-0.15, -0.1) is 0 Å². The second kappa shape index (κ2) is 7.76. The van der Waals surface area contributed by atoms with Gasteiger partial charge in [-0.3, -0.25) is 9.78 Å². The molecule has 3 aromatic rings. The summed E-state index contributed by atoms with van der Waals surface area (Å²) in [5.41, 5.74) is 2.63. The Morgan fingerprint density at radius 1 is 1.28 bits per heavy atom. The van der Waals surface area contributed by atoms with Gasteiger partial charge in [0.15, 0.2) is 0 Å². The molecule has 1 aliphatic heterocycles. The number of pyridine rings is 2. The molecule has 1 aromatic carbocycles. The summed E-state index contributed by atoms with van der Waals surface area (Å²) in [5.74, 6) is 0.384. The third-order valence-corrected chi connectivity index (χ3v) is 6.17. The molecular weight excluding hydrogens is 411 g/mol. The Balaban J connectivity index is 1.62. The lowest BCUT2D eigenvalue weighted by molar-refractivity contribution is 0.402. The lowest BCUT2D eigenvalue weighted by Gasteiger charge is -2.39. The maximum absolute atomic E-state index is 12.6. The van der Waals surface area contributed by atoms with Crippen LogP contribution in [0, 0.1) is 5.92 Å². The third-order valence-electron chi connectivity index (χ3n) is 5.59. The minimum atomic E-state index is -0.221. The fourth-order valence-corrected chi connectivity index (χ4v) is 4.49. The molecule has 0 amide bonds. The van der Waals surface area contributed by atoms with Gasteiger partial charge in [0.1, 0.15) is 16.3 Å². The summed E-state index contributed by atoms with van der Waals surface area (Å²) in [6, 6.07) is 8.93. The fourth-order valence-electron chi connectivity index (χ4n) is 3.99. The minimum Gasteiger partial charge on any atom is -0.506 e. The molecule has 0 radical (unpaired) electrons. The van der Waals surface area contributed by atoms with Crippen molar-refractivity contribution in [2.45, 2.75) is 19.4 Å². The molecule has 4 rings (SSSR count). The number of aryl methyl sites for hydroxylation is 1. The number of anilines is 2. The van der Waals surface area contributed by atoms with Gasteiger partial charge in [-0.1, -0.05) is 30.1 Å². The number of benzene rings is 1. The molecule has 3 heterocycles. The zero-order valence-corrected chi connectivity index (χ0v) is 17.7. The molecule has 2 N–H and O–H groups in total. The van der Waals surface area contributed by atoms with Gasteiger partial charge in [0.25, 0.3) is 5.56 Å². The van der Waals surface area contributed by atoms with E-state index in [4.69, 9.17) is 23.2 Å². The van der Waals surface area contributed by atoms with E-state index >= 15 is 0 Å². The third kappa shape index (κ3) is 3.63. The summed E-state index contributed by atoms with van der Waals surface area (Å²) >= 11 is 12.4. The van der Waals surface area contributed by atoms with Gasteiger partial charge >= 0.3 is 0 Å². The summed E-state index contributed by atoms with van der Waals surface area (Å²) in [7, 11) is 1.71. The van der Waals surface area contributed by atoms with Crippen molar-refractivity contribution in [3.05, 3.63) is 56.9 Å². The van der Waals surface area contributed by atoms with Crippen molar-refractivity contribution < 1.29 is 5.11 Å². The molecule has 0 spiro atoms. The number of nitrogens with zero attached hydrogens (tertiary/aromatic N) is 3. The minimum absolute atomic E-state index is 0.136. The number of nitrogens with one attached hydrogen (secondary N) is 1. The van der Waals surface area contributed by atoms with E-state index in [2.05, 4.69) is 22.1 Å². The number of hydrogen-bond donors (Lipinski definition) is 2. The van der Waals surface area contributed by atoms with Gasteiger partial charge in [0.2, 0.25) is 0 Å². The maximum Gasteiger partial charge on any atom is 0.271 e. The van der Waals surface area contributed by atoms with Crippen molar-refractivity contribution in [2.24, 2.45) is 13.0 Å². The molecule has 152 valence electrons. The monoisotopic (exact) mass is 432 g/mol. The Kier molecular flexibility index (Phi) is 5.32. The molecule has 0 aliphatic carbocycles. The van der Waals surface area contributed by atoms with Gasteiger partial charge in [-0.2, -0.15) is 0 Å². The average molecular weight is 433 g/mol. The van der Waals surface area contributed by atoms with E-state index in [-0.39, 0.29) is 28.3 Å². The van der Waals surface area contributed by atoms with Gasteiger partial charge in [0.05, 0.1) is 16.9 Å². The average Bonchev–Trinajstić information content (AvgIpc) is 2.70. The first-order valence-corrected chi connectivity index (χ1v) is 10.3. The van der Waals surface area contributed by atoms with E-state index in [1.807, 2.05) is 12.1 Å². The molecule has 29 heavy (non-hydrogen) atoms. The molecule has 0 bridgehead atoms. The molecule has 8 heteroatoms. The van der Waals surface area contributed by atoms with Crippen LogP contribution in [-0.2, 0) is 7.05 Å². The van der Waals surface area contributed by atoms with E-state index in [0.717, 1.165) is 24.0 Å². The topological polar surface area (TPSA) is 70.4 Å². The van der Waals surface area contributed by atoms with Crippen LogP contribution in [0.4, 0.5) is 11.4 Å². The Morgan fingerprint density at radius 3 is 2.79 bits per heavy atom. The van der Waals surface area contributed by atoms with Crippen LogP contribution >= 0.6 is 23.2 Å². The Labute approximate surface area is 178 Å². The second-order valence-corrected chi connectivity index (χ2v) is 8.34. The van der Waals surface area contributed by atoms with E-state index in [9.17, 15) is 9.90 Å². The predicted molar refractivity (Wildman–Crippen MR) is 119 cm³/mol. The lowest BCUT2D eigenvalue weighted by Crippen LogP contribution is -2.46. The highest BCUT2D eigenvalue weighted by Gasteiger charge is 2.30. The molecule has 2 atom stereocenters. The zero-order valence-electron chi connectivity index (χ0n) is 16.2. The molecule has 2 aromatic heterocycles. The van der Waals surface area contributed by atoms with Crippen LogP contribution in [0.2, 0.25) is 10.0 Å². The Hall–Kier alpha value is -2.44. The van der Waals surface area contributed by atoms with Gasteiger partial charge in [-0.05, 0) is 36.6 Å². The molecule has 6 nitrogen and oxygen atoms in total. The van der Waals surface area contributed by atoms with Crippen LogP contribution < -0.4 is 15.8 Å². The summed E-state index contributed by atoms with van der Waals surface area (Å²) in [5, 5.41) is 14.2. The van der Waals surface area contributed by atoms with E-state index in [1.54, 1.807) is 25.4 Å². The molecular formula is C21H22Cl2N4O2. The van der Waals surface area contributed by atoms with E-state index < -0.39 is 0 Å². The normalized spacial score (nSPS) is 19.5. The van der Waals surface area contributed by atoms with Crippen molar-refractivity contribution in [1.82, 2.24) is 9.55 Å². The number of phenolic OH excluding ortho intramolecular Hbond substituents is 1. The smallest absolute Gasteiger partial charge is 0.271 e. The van der Waals surface area contributed by atoms with E-state index in [0.29, 0.717) is 22.9 Å². The number of fused-ring (bicyclic) bond motifs is 1. The van der Waals surface area contributed by atoms with Crippen molar-refractivity contribution in [3.8, 4) is 5.75 Å². The lowest BCUT2D eigenvalue weighted by atomic mass is 9.93. The number of rotatable bonds is 3. The standard InChI is InChI=1S/C21H22Cl2N4O2/c1-12-11-27(9-7-14(12)25-15-6-5-13(22)10-17(15)28)20-18(23)21(29)26(2)16-4-3-8-24-19(16)20/h3-6,8,10,12,14,25,28H,7,9,11H2,1-2H3/t12-,14-/m0/s1. The van der Waals surface area contributed by atoms with Crippen LogP contribution in [0.3, 0.4) is 0 Å². The predicted octanol–water partition coefficient (Wildman–Crippen LogP) is 4.27. The Morgan fingerprint density at radius 2 is 2.07 bits per heavy atom. The molecule has 0 saturated carbocycles. The molecule has 1 aliphatic rings. The number of aromatic hydroxyl groups is 1. The first-order chi connectivity index (χ1) is 13.9. The summed E-state index contributed by atoms with van der Waals surface area (Å²) < 4.78 is 1.54. The second-order valence-electron chi connectivity index (χ2n) is 7.52.